The van der Waals surface area contributed by atoms with Gasteiger partial charge in [0.1, 0.15) is 17.5 Å². The minimum absolute atomic E-state index is 0.136. The van der Waals surface area contributed by atoms with Gasteiger partial charge in [-0.2, -0.15) is 13.2 Å². The van der Waals surface area contributed by atoms with Gasteiger partial charge in [0.15, 0.2) is 0 Å². The van der Waals surface area contributed by atoms with E-state index in [1.807, 2.05) is 6.07 Å². The van der Waals surface area contributed by atoms with Crippen LogP contribution in [0.5, 0.6) is 0 Å². The SMILES string of the molecule is C[C@@H]1CCCN1c1cc(C2CCOCC2)cc(Nc2cc(C(F)(F)F)ccn2)n1. The number of rotatable bonds is 4. The van der Waals surface area contributed by atoms with Crippen LogP contribution in [-0.4, -0.2) is 35.8 Å². The third-order valence-electron chi connectivity index (χ3n) is 5.72. The van der Waals surface area contributed by atoms with Crippen LogP contribution in [0.4, 0.5) is 30.6 Å². The molecule has 0 aromatic carbocycles. The van der Waals surface area contributed by atoms with E-state index in [-0.39, 0.29) is 5.82 Å². The largest absolute Gasteiger partial charge is 0.416 e. The van der Waals surface area contributed by atoms with E-state index in [1.54, 1.807) is 0 Å². The maximum atomic E-state index is 13.0. The molecule has 29 heavy (non-hydrogen) atoms. The fourth-order valence-corrected chi connectivity index (χ4v) is 4.09. The van der Waals surface area contributed by atoms with Crippen molar-refractivity contribution in [1.29, 1.82) is 0 Å². The van der Waals surface area contributed by atoms with Crippen molar-refractivity contribution in [2.24, 2.45) is 0 Å². The second-order valence-electron chi connectivity index (χ2n) is 7.77. The Bertz CT molecular complexity index is 852. The summed E-state index contributed by atoms with van der Waals surface area (Å²) in [7, 11) is 0. The molecule has 0 saturated carbocycles. The smallest absolute Gasteiger partial charge is 0.381 e. The van der Waals surface area contributed by atoms with Crippen LogP contribution >= 0.6 is 0 Å². The first-order valence-corrected chi connectivity index (χ1v) is 10.1. The summed E-state index contributed by atoms with van der Waals surface area (Å²) in [6.45, 7) is 4.56. The Labute approximate surface area is 168 Å². The minimum Gasteiger partial charge on any atom is -0.381 e. The standard InChI is InChI=1S/C21H25F3N4O/c1-14-3-2-8-28(14)20-12-16(15-5-9-29-10-6-15)11-19(27-20)26-18-13-17(4-7-25-18)21(22,23)24/h4,7,11-15H,2-3,5-6,8-10H2,1H3,(H,25,26,27)/t14-/m1/s1. The molecule has 2 aliphatic rings. The normalized spacial score (nSPS) is 20.8. The average molecular weight is 406 g/mol. The van der Waals surface area contributed by atoms with Crippen molar-refractivity contribution in [2.45, 2.75) is 50.7 Å². The molecule has 1 atom stereocenters. The molecule has 2 aliphatic heterocycles. The number of ether oxygens (including phenoxy) is 1. The Morgan fingerprint density at radius 2 is 1.90 bits per heavy atom. The van der Waals surface area contributed by atoms with Crippen molar-refractivity contribution < 1.29 is 17.9 Å². The molecule has 2 fully saturated rings. The molecule has 5 nitrogen and oxygen atoms in total. The van der Waals surface area contributed by atoms with Crippen molar-refractivity contribution in [1.82, 2.24) is 9.97 Å². The number of anilines is 3. The topological polar surface area (TPSA) is 50.3 Å². The molecule has 2 aromatic rings. The van der Waals surface area contributed by atoms with E-state index >= 15 is 0 Å². The third kappa shape index (κ3) is 4.63. The van der Waals surface area contributed by atoms with Crippen molar-refractivity contribution in [3.05, 3.63) is 41.6 Å². The first-order valence-electron chi connectivity index (χ1n) is 10.1. The van der Waals surface area contributed by atoms with Gasteiger partial charge in [-0.1, -0.05) is 0 Å². The molecular formula is C21H25F3N4O. The van der Waals surface area contributed by atoms with E-state index in [9.17, 15) is 13.2 Å². The van der Waals surface area contributed by atoms with Gasteiger partial charge < -0.3 is 15.0 Å². The van der Waals surface area contributed by atoms with Crippen LogP contribution in [0, 0.1) is 0 Å². The molecule has 1 N–H and O–H groups in total. The summed E-state index contributed by atoms with van der Waals surface area (Å²) in [5, 5.41) is 2.99. The lowest BCUT2D eigenvalue weighted by Crippen LogP contribution is -2.27. The van der Waals surface area contributed by atoms with E-state index in [0.29, 0.717) is 17.8 Å². The van der Waals surface area contributed by atoms with E-state index in [0.717, 1.165) is 75.2 Å². The second-order valence-corrected chi connectivity index (χ2v) is 7.77. The van der Waals surface area contributed by atoms with Crippen molar-refractivity contribution in [2.75, 3.05) is 30.0 Å². The zero-order valence-electron chi connectivity index (χ0n) is 16.4. The van der Waals surface area contributed by atoms with Gasteiger partial charge in [0.25, 0.3) is 0 Å². The lowest BCUT2D eigenvalue weighted by Gasteiger charge is -2.27. The fraction of sp³-hybridized carbons (Fsp3) is 0.524. The Morgan fingerprint density at radius 1 is 1.10 bits per heavy atom. The number of halogens is 3. The molecule has 2 saturated heterocycles. The Morgan fingerprint density at radius 3 is 2.59 bits per heavy atom. The number of pyridine rings is 2. The van der Waals surface area contributed by atoms with Crippen molar-refractivity contribution in [3.8, 4) is 0 Å². The molecule has 4 heterocycles. The summed E-state index contributed by atoms with van der Waals surface area (Å²) < 4.78 is 44.6. The summed E-state index contributed by atoms with van der Waals surface area (Å²) in [5.41, 5.74) is 0.413. The molecule has 0 spiro atoms. The highest BCUT2D eigenvalue weighted by Crippen LogP contribution is 2.34. The van der Waals surface area contributed by atoms with E-state index in [2.05, 4.69) is 28.2 Å². The predicted molar refractivity (Wildman–Crippen MR) is 106 cm³/mol. The molecule has 0 aliphatic carbocycles. The molecule has 0 radical (unpaired) electrons. The van der Waals surface area contributed by atoms with Crippen molar-refractivity contribution >= 4 is 17.5 Å². The lowest BCUT2D eigenvalue weighted by atomic mass is 9.92. The van der Waals surface area contributed by atoms with Crippen LogP contribution in [0.25, 0.3) is 0 Å². The monoisotopic (exact) mass is 406 g/mol. The van der Waals surface area contributed by atoms with Gasteiger partial charge in [-0.05, 0) is 68.4 Å². The molecule has 0 unspecified atom stereocenters. The predicted octanol–water partition coefficient (Wildman–Crippen LogP) is 5.12. The number of aromatic nitrogens is 2. The average Bonchev–Trinajstić information content (AvgIpc) is 3.14. The quantitative estimate of drug-likeness (QED) is 0.764. The van der Waals surface area contributed by atoms with Gasteiger partial charge in [-0.15, -0.1) is 0 Å². The molecule has 0 amide bonds. The third-order valence-corrected chi connectivity index (χ3v) is 5.72. The number of hydrogen-bond acceptors (Lipinski definition) is 5. The summed E-state index contributed by atoms with van der Waals surface area (Å²) in [4.78, 5) is 11.0. The zero-order chi connectivity index (χ0) is 20.4. The number of alkyl halides is 3. The highest BCUT2D eigenvalue weighted by molar-refractivity contribution is 5.59. The molecule has 4 rings (SSSR count). The molecule has 156 valence electrons. The van der Waals surface area contributed by atoms with E-state index in [4.69, 9.17) is 9.72 Å². The Hall–Kier alpha value is -2.35. The van der Waals surface area contributed by atoms with E-state index < -0.39 is 11.7 Å². The summed E-state index contributed by atoms with van der Waals surface area (Å²) in [5.74, 6) is 1.89. The summed E-state index contributed by atoms with van der Waals surface area (Å²) >= 11 is 0. The maximum Gasteiger partial charge on any atom is 0.416 e. The summed E-state index contributed by atoms with van der Waals surface area (Å²) in [6, 6.07) is 6.44. The van der Waals surface area contributed by atoms with Gasteiger partial charge in [-0.25, -0.2) is 9.97 Å². The van der Waals surface area contributed by atoms with Crippen LogP contribution in [-0.2, 0) is 10.9 Å². The number of hydrogen-bond donors (Lipinski definition) is 1. The maximum absolute atomic E-state index is 13.0. The van der Waals surface area contributed by atoms with Crippen LogP contribution in [0.2, 0.25) is 0 Å². The lowest BCUT2D eigenvalue weighted by molar-refractivity contribution is -0.137. The highest BCUT2D eigenvalue weighted by atomic mass is 19.4. The van der Waals surface area contributed by atoms with Gasteiger partial charge in [0.2, 0.25) is 0 Å². The van der Waals surface area contributed by atoms with Crippen LogP contribution in [0.15, 0.2) is 30.5 Å². The fourth-order valence-electron chi connectivity index (χ4n) is 4.09. The molecule has 2 aromatic heterocycles. The number of nitrogens with zero attached hydrogens (tertiary/aromatic N) is 3. The van der Waals surface area contributed by atoms with Crippen LogP contribution in [0.3, 0.4) is 0 Å². The Balaban J connectivity index is 1.66. The first-order chi connectivity index (χ1) is 13.9. The van der Waals surface area contributed by atoms with Gasteiger partial charge in [0, 0.05) is 32.0 Å². The highest BCUT2D eigenvalue weighted by Gasteiger charge is 2.31. The molecule has 0 bridgehead atoms. The first kappa shape index (κ1) is 19.9. The zero-order valence-corrected chi connectivity index (χ0v) is 16.4. The van der Waals surface area contributed by atoms with Crippen LogP contribution < -0.4 is 10.2 Å². The van der Waals surface area contributed by atoms with Gasteiger partial charge in [0.05, 0.1) is 5.56 Å². The van der Waals surface area contributed by atoms with Crippen LogP contribution in [0.1, 0.15) is 49.7 Å². The van der Waals surface area contributed by atoms with Crippen molar-refractivity contribution in [3.63, 3.8) is 0 Å². The summed E-state index contributed by atoms with van der Waals surface area (Å²) in [6.07, 6.45) is 0.841. The minimum atomic E-state index is -4.41. The van der Waals surface area contributed by atoms with E-state index in [1.165, 1.54) is 0 Å². The van der Waals surface area contributed by atoms with Gasteiger partial charge >= 0.3 is 6.18 Å². The Kier molecular flexibility index (Phi) is 5.63. The second kappa shape index (κ2) is 8.18. The van der Waals surface area contributed by atoms with Gasteiger partial charge in [-0.3, -0.25) is 0 Å². The molecule has 8 heteroatoms. The number of nitrogens with one attached hydrogen (secondary N) is 1. The molecular weight excluding hydrogens is 381 g/mol.